The maximum atomic E-state index is 13.5. The largest absolute Gasteiger partial charge is 0.493 e. The van der Waals surface area contributed by atoms with Gasteiger partial charge in [-0.05, 0) is 19.1 Å². The van der Waals surface area contributed by atoms with Crippen molar-refractivity contribution in [2.75, 3.05) is 42.3 Å². The van der Waals surface area contributed by atoms with Crippen molar-refractivity contribution in [1.29, 1.82) is 0 Å². The van der Waals surface area contributed by atoms with Crippen LogP contribution in [0.2, 0.25) is 0 Å². The average Bonchev–Trinajstić information content (AvgIpc) is 3.07. The van der Waals surface area contributed by atoms with Gasteiger partial charge in [-0.25, -0.2) is 4.98 Å². The number of Topliss-reactive ketones (excluding diaryl/α,β-unsaturated/α-hetero) is 1. The summed E-state index contributed by atoms with van der Waals surface area (Å²) >= 11 is 0. The van der Waals surface area contributed by atoms with Crippen LogP contribution in [0.25, 0.3) is 0 Å². The Bertz CT molecular complexity index is 1480. The van der Waals surface area contributed by atoms with Crippen molar-refractivity contribution in [3.63, 3.8) is 0 Å². The van der Waals surface area contributed by atoms with Crippen molar-refractivity contribution < 1.29 is 52.3 Å². The molecule has 1 heterocycles. The van der Waals surface area contributed by atoms with Crippen LogP contribution >= 0.6 is 0 Å². The molecule has 0 aliphatic rings. The normalized spacial score (nSPS) is 12.1. The number of benzene rings is 2. The van der Waals surface area contributed by atoms with Crippen molar-refractivity contribution in [2.45, 2.75) is 46.1 Å². The van der Waals surface area contributed by atoms with E-state index in [0.717, 1.165) is 0 Å². The Morgan fingerprint density at radius 2 is 1.21 bits per heavy atom. The van der Waals surface area contributed by atoms with Crippen LogP contribution in [0, 0.1) is 11.8 Å². The first-order valence-electron chi connectivity index (χ1n) is 15.0. The van der Waals surface area contributed by atoms with Crippen LogP contribution in [0.3, 0.4) is 0 Å². The molecule has 2 atom stereocenters. The first-order chi connectivity index (χ1) is 22.5. The number of aromatic nitrogens is 1. The molecular formula is C35H43NO11. The number of rotatable bonds is 17. The van der Waals surface area contributed by atoms with Gasteiger partial charge in [0.2, 0.25) is 6.79 Å². The summed E-state index contributed by atoms with van der Waals surface area (Å²) < 4.78 is 44.7. The lowest BCUT2D eigenvalue weighted by atomic mass is 9.85. The van der Waals surface area contributed by atoms with Crippen molar-refractivity contribution in [3.8, 4) is 34.5 Å². The summed E-state index contributed by atoms with van der Waals surface area (Å²) in [4.78, 5) is 43.1. The summed E-state index contributed by atoms with van der Waals surface area (Å²) in [6.45, 7) is 6.27. The van der Waals surface area contributed by atoms with Crippen molar-refractivity contribution in [2.24, 2.45) is 11.8 Å². The molecule has 254 valence electrons. The Morgan fingerprint density at radius 3 is 1.70 bits per heavy atom. The van der Waals surface area contributed by atoms with Gasteiger partial charge in [0.05, 0.1) is 53.3 Å². The fraction of sp³-hybridized carbons (Fsp3) is 0.429. The highest BCUT2D eigenvalue weighted by molar-refractivity contribution is 5.99. The Balaban J connectivity index is 1.90. The molecule has 0 N–H and O–H groups in total. The Morgan fingerprint density at radius 1 is 0.681 bits per heavy atom. The zero-order chi connectivity index (χ0) is 34.7. The summed E-state index contributed by atoms with van der Waals surface area (Å²) in [5, 5.41) is 0. The van der Waals surface area contributed by atoms with Gasteiger partial charge in [-0.15, -0.1) is 0 Å². The number of hydrogen-bond acceptors (Lipinski definition) is 12. The minimum Gasteiger partial charge on any atom is -0.493 e. The third kappa shape index (κ3) is 8.63. The molecule has 1 aromatic heterocycles. The molecule has 0 aliphatic carbocycles. The monoisotopic (exact) mass is 653 g/mol. The Hall–Kier alpha value is -5.00. The summed E-state index contributed by atoms with van der Waals surface area (Å²) in [5.41, 5.74) is 1.30. The minimum absolute atomic E-state index is 0.000736. The second kappa shape index (κ2) is 17.1. The summed E-state index contributed by atoms with van der Waals surface area (Å²) in [7, 11) is 7.55. The third-order valence-corrected chi connectivity index (χ3v) is 7.43. The molecule has 0 saturated carbocycles. The van der Waals surface area contributed by atoms with Gasteiger partial charge in [0.15, 0.2) is 46.0 Å². The van der Waals surface area contributed by atoms with Crippen LogP contribution < -0.4 is 28.4 Å². The van der Waals surface area contributed by atoms with Crippen molar-refractivity contribution >= 4 is 17.7 Å². The number of para-hydroxylation sites is 2. The van der Waals surface area contributed by atoms with Crippen LogP contribution in [0.5, 0.6) is 34.5 Å². The Kier molecular flexibility index (Phi) is 13.2. The zero-order valence-electron chi connectivity index (χ0n) is 28.3. The van der Waals surface area contributed by atoms with Gasteiger partial charge in [0.1, 0.15) is 6.10 Å². The third-order valence-electron chi connectivity index (χ3n) is 7.43. The molecule has 3 rings (SSSR count). The van der Waals surface area contributed by atoms with Gasteiger partial charge in [0, 0.05) is 29.8 Å². The van der Waals surface area contributed by atoms with Gasteiger partial charge in [0.25, 0.3) is 0 Å². The maximum absolute atomic E-state index is 13.5. The molecule has 0 fully saturated rings. The lowest BCUT2D eigenvalue weighted by molar-refractivity contribution is -0.154. The predicted octanol–water partition coefficient (Wildman–Crippen LogP) is 5.63. The molecule has 0 amide bonds. The number of hydrogen-bond donors (Lipinski definition) is 0. The van der Waals surface area contributed by atoms with Crippen LogP contribution in [0.4, 0.5) is 0 Å². The van der Waals surface area contributed by atoms with Gasteiger partial charge >= 0.3 is 11.9 Å². The van der Waals surface area contributed by atoms with Gasteiger partial charge in [-0.3, -0.25) is 14.4 Å². The first kappa shape index (κ1) is 36.5. The standard InChI is InChI=1S/C35H43NO11/c1-20(2)34(38)46-19-45-33-28(42-7)16-17-36-30(33)25(37)18-21(3)35(39)47-22(4)29(23-12-10-14-26(40-5)31(23)43-8)24-13-11-15-27(41-6)32(24)44-9/h10-17,20-22,29H,18-19H2,1-9H3/t21-,22?/m1/s1. The number of pyridine rings is 1. The molecule has 3 aromatic rings. The average molecular weight is 654 g/mol. The van der Waals surface area contributed by atoms with Crippen LogP contribution in [0.1, 0.15) is 61.6 Å². The number of nitrogens with zero attached hydrogens (tertiary/aromatic N) is 1. The second-order valence-electron chi connectivity index (χ2n) is 10.9. The summed E-state index contributed by atoms with van der Waals surface area (Å²) in [6, 6.07) is 12.4. The van der Waals surface area contributed by atoms with E-state index in [1.165, 1.54) is 47.8 Å². The van der Waals surface area contributed by atoms with E-state index in [4.69, 9.17) is 37.9 Å². The molecule has 0 spiro atoms. The minimum atomic E-state index is -0.871. The lowest BCUT2D eigenvalue weighted by Crippen LogP contribution is -2.28. The van der Waals surface area contributed by atoms with Crippen molar-refractivity contribution in [3.05, 3.63) is 65.5 Å². The molecule has 0 saturated heterocycles. The number of methoxy groups -OCH3 is 5. The fourth-order valence-corrected chi connectivity index (χ4v) is 5.06. The molecule has 47 heavy (non-hydrogen) atoms. The smallest absolute Gasteiger partial charge is 0.311 e. The SMILES string of the molecule is COc1cccc(C(c2cccc(OC)c2OC)C(C)OC(=O)[C@H](C)CC(=O)c2nccc(OC)c2OCOC(=O)C(C)C)c1OC. The number of ether oxygens (including phenoxy) is 8. The van der Waals surface area contributed by atoms with E-state index in [9.17, 15) is 14.4 Å². The van der Waals surface area contributed by atoms with E-state index in [-0.39, 0.29) is 29.5 Å². The van der Waals surface area contributed by atoms with Gasteiger partial charge in [-0.1, -0.05) is 45.0 Å². The molecule has 2 aromatic carbocycles. The molecule has 12 nitrogen and oxygen atoms in total. The lowest BCUT2D eigenvalue weighted by Gasteiger charge is -2.29. The van der Waals surface area contributed by atoms with Crippen molar-refractivity contribution in [1.82, 2.24) is 4.98 Å². The van der Waals surface area contributed by atoms with Crippen LogP contribution in [-0.2, 0) is 19.1 Å². The fourth-order valence-electron chi connectivity index (χ4n) is 5.06. The van der Waals surface area contributed by atoms with Crippen LogP contribution in [0.15, 0.2) is 48.7 Å². The number of carbonyl (C=O) groups excluding carboxylic acids is 3. The predicted molar refractivity (Wildman–Crippen MR) is 172 cm³/mol. The zero-order valence-corrected chi connectivity index (χ0v) is 28.3. The number of esters is 2. The Labute approximate surface area is 275 Å². The van der Waals surface area contributed by atoms with Gasteiger partial charge < -0.3 is 37.9 Å². The molecular weight excluding hydrogens is 610 g/mol. The highest BCUT2D eigenvalue weighted by atomic mass is 16.7. The van der Waals surface area contributed by atoms with E-state index in [0.29, 0.717) is 34.1 Å². The molecule has 0 bridgehead atoms. The second-order valence-corrected chi connectivity index (χ2v) is 10.9. The molecule has 0 aliphatic heterocycles. The van der Waals surface area contributed by atoms with E-state index >= 15 is 0 Å². The maximum Gasteiger partial charge on any atom is 0.311 e. The highest BCUT2D eigenvalue weighted by Crippen LogP contribution is 2.46. The summed E-state index contributed by atoms with van der Waals surface area (Å²) in [6.07, 6.45) is 0.368. The van der Waals surface area contributed by atoms with E-state index in [1.807, 2.05) is 24.3 Å². The summed E-state index contributed by atoms with van der Waals surface area (Å²) in [5.74, 6) is -1.26. The van der Waals surface area contributed by atoms with E-state index in [1.54, 1.807) is 39.8 Å². The first-order valence-corrected chi connectivity index (χ1v) is 15.0. The topological polar surface area (TPSA) is 138 Å². The van der Waals surface area contributed by atoms with E-state index in [2.05, 4.69) is 4.98 Å². The molecule has 1 unspecified atom stereocenters. The quantitative estimate of drug-likeness (QED) is 0.101. The highest BCUT2D eigenvalue weighted by Gasteiger charge is 2.34. The van der Waals surface area contributed by atoms with Gasteiger partial charge in [-0.2, -0.15) is 0 Å². The molecule has 0 radical (unpaired) electrons. The molecule has 12 heteroatoms. The number of carbonyl (C=O) groups is 3. The van der Waals surface area contributed by atoms with Crippen LogP contribution in [-0.4, -0.2) is 71.2 Å². The van der Waals surface area contributed by atoms with E-state index < -0.39 is 42.5 Å². The number of ketones is 1.